The zero-order chi connectivity index (χ0) is 16.3. The standard InChI is InChI=1S/C16H20ClNO4/c1-10(2)15-16(21)18(6-3-7-19)12-8-11(13(20)9-17)4-5-14(12)22-15/h4-5,8,10,15,19H,3,6-7,9H2,1-2H3. The first kappa shape index (κ1) is 16.8. The van der Waals surface area contributed by atoms with E-state index in [9.17, 15) is 9.59 Å². The SMILES string of the molecule is CC(C)C1Oc2ccc(C(=O)CCl)cc2N(CCCO)C1=O. The van der Waals surface area contributed by atoms with E-state index in [-0.39, 0.29) is 30.1 Å². The van der Waals surface area contributed by atoms with Crippen molar-refractivity contribution < 1.29 is 19.4 Å². The summed E-state index contributed by atoms with van der Waals surface area (Å²) >= 11 is 5.59. The topological polar surface area (TPSA) is 66.8 Å². The summed E-state index contributed by atoms with van der Waals surface area (Å²) in [4.78, 5) is 25.9. The molecule has 0 radical (unpaired) electrons. The van der Waals surface area contributed by atoms with E-state index in [0.29, 0.717) is 30.0 Å². The molecule has 1 N–H and O–H groups in total. The first-order valence-electron chi connectivity index (χ1n) is 7.31. The number of Topliss-reactive ketones (excluding diaryl/α,β-unsaturated/α-hetero) is 1. The Morgan fingerprint density at radius 1 is 1.45 bits per heavy atom. The lowest BCUT2D eigenvalue weighted by Crippen LogP contribution is -2.48. The molecule has 0 fully saturated rings. The molecule has 1 aliphatic heterocycles. The number of aliphatic hydroxyl groups excluding tert-OH is 1. The number of aliphatic hydroxyl groups is 1. The van der Waals surface area contributed by atoms with Crippen molar-refractivity contribution in [1.29, 1.82) is 0 Å². The Balaban J connectivity index is 2.43. The van der Waals surface area contributed by atoms with Crippen molar-refractivity contribution in [2.24, 2.45) is 5.92 Å². The van der Waals surface area contributed by atoms with Crippen LogP contribution in [0.25, 0.3) is 0 Å². The highest BCUT2D eigenvalue weighted by molar-refractivity contribution is 6.30. The van der Waals surface area contributed by atoms with E-state index in [4.69, 9.17) is 21.4 Å². The fraction of sp³-hybridized carbons (Fsp3) is 0.500. The number of ketones is 1. The lowest BCUT2D eigenvalue weighted by molar-refractivity contribution is -0.128. The van der Waals surface area contributed by atoms with Gasteiger partial charge in [-0.15, -0.1) is 11.6 Å². The Morgan fingerprint density at radius 2 is 2.18 bits per heavy atom. The normalized spacial score (nSPS) is 17.4. The van der Waals surface area contributed by atoms with E-state index >= 15 is 0 Å². The predicted molar refractivity (Wildman–Crippen MR) is 84.8 cm³/mol. The molecule has 1 unspecified atom stereocenters. The first-order valence-corrected chi connectivity index (χ1v) is 7.85. The van der Waals surface area contributed by atoms with Gasteiger partial charge in [0.05, 0.1) is 11.6 Å². The van der Waals surface area contributed by atoms with E-state index in [1.807, 2.05) is 13.8 Å². The second-order valence-electron chi connectivity index (χ2n) is 5.59. The number of ether oxygens (including phenoxy) is 1. The molecule has 0 saturated carbocycles. The zero-order valence-electron chi connectivity index (χ0n) is 12.7. The highest BCUT2D eigenvalue weighted by Crippen LogP contribution is 2.36. The molecule has 0 saturated heterocycles. The average molecular weight is 326 g/mol. The number of anilines is 1. The summed E-state index contributed by atoms with van der Waals surface area (Å²) in [6.07, 6.45) is -0.0929. The molecule has 1 atom stereocenters. The van der Waals surface area contributed by atoms with Gasteiger partial charge in [0.2, 0.25) is 0 Å². The molecule has 6 heteroatoms. The van der Waals surface area contributed by atoms with Crippen LogP contribution in [-0.2, 0) is 4.79 Å². The molecule has 0 bridgehead atoms. The van der Waals surface area contributed by atoms with Crippen LogP contribution < -0.4 is 9.64 Å². The van der Waals surface area contributed by atoms with Crippen LogP contribution in [0.4, 0.5) is 5.69 Å². The molecule has 22 heavy (non-hydrogen) atoms. The van der Waals surface area contributed by atoms with E-state index in [1.54, 1.807) is 23.1 Å². The molecule has 1 aromatic carbocycles. The highest BCUT2D eigenvalue weighted by atomic mass is 35.5. The minimum Gasteiger partial charge on any atom is -0.478 e. The van der Waals surface area contributed by atoms with Crippen LogP contribution >= 0.6 is 11.6 Å². The number of carbonyl (C=O) groups excluding carboxylic acids is 2. The fourth-order valence-electron chi connectivity index (χ4n) is 2.42. The van der Waals surface area contributed by atoms with Crippen LogP contribution in [0.1, 0.15) is 30.6 Å². The largest absolute Gasteiger partial charge is 0.478 e. The number of hydrogen-bond donors (Lipinski definition) is 1. The maximum atomic E-state index is 12.6. The van der Waals surface area contributed by atoms with E-state index in [0.717, 1.165) is 0 Å². The van der Waals surface area contributed by atoms with Gasteiger partial charge < -0.3 is 14.7 Å². The van der Waals surface area contributed by atoms with Crippen molar-refractivity contribution in [2.75, 3.05) is 23.9 Å². The molecule has 1 aliphatic rings. The Kier molecular flexibility index (Phi) is 5.42. The van der Waals surface area contributed by atoms with Gasteiger partial charge >= 0.3 is 0 Å². The fourth-order valence-corrected chi connectivity index (χ4v) is 2.57. The second-order valence-corrected chi connectivity index (χ2v) is 5.86. The van der Waals surface area contributed by atoms with Crippen LogP contribution in [0.2, 0.25) is 0 Å². The maximum absolute atomic E-state index is 12.6. The summed E-state index contributed by atoms with van der Waals surface area (Å²) in [5, 5.41) is 9.05. The van der Waals surface area contributed by atoms with Gasteiger partial charge in [0.15, 0.2) is 11.9 Å². The van der Waals surface area contributed by atoms with Gasteiger partial charge in [0.25, 0.3) is 5.91 Å². The number of rotatable bonds is 6. The summed E-state index contributed by atoms with van der Waals surface area (Å²) < 4.78 is 5.79. The van der Waals surface area contributed by atoms with Crippen LogP contribution in [-0.4, -0.2) is 41.9 Å². The smallest absolute Gasteiger partial charge is 0.268 e. The number of fused-ring (bicyclic) bond motifs is 1. The van der Waals surface area contributed by atoms with Gasteiger partial charge in [0.1, 0.15) is 5.75 Å². The lowest BCUT2D eigenvalue weighted by atomic mass is 10.0. The number of halogens is 1. The number of hydrogen-bond acceptors (Lipinski definition) is 4. The summed E-state index contributed by atoms with van der Waals surface area (Å²) in [5.41, 5.74) is 1.01. The summed E-state index contributed by atoms with van der Waals surface area (Å²) in [5.74, 6) is 0.138. The highest BCUT2D eigenvalue weighted by Gasteiger charge is 2.36. The number of carbonyl (C=O) groups is 2. The first-order chi connectivity index (χ1) is 10.5. The van der Waals surface area contributed by atoms with Gasteiger partial charge in [-0.25, -0.2) is 0 Å². The molecule has 120 valence electrons. The molecule has 0 aliphatic carbocycles. The maximum Gasteiger partial charge on any atom is 0.268 e. The minimum absolute atomic E-state index is 0.00732. The van der Waals surface area contributed by atoms with E-state index in [2.05, 4.69) is 0 Å². The Bertz CT molecular complexity index is 573. The molecule has 5 nitrogen and oxygen atoms in total. The van der Waals surface area contributed by atoms with E-state index in [1.165, 1.54) is 0 Å². The molecule has 0 spiro atoms. The summed E-state index contributed by atoms with van der Waals surface area (Å²) in [6, 6.07) is 4.98. The van der Waals surface area contributed by atoms with Gasteiger partial charge in [-0.3, -0.25) is 9.59 Å². The number of alkyl halides is 1. The number of nitrogens with zero attached hydrogens (tertiary/aromatic N) is 1. The molecular formula is C16H20ClNO4. The molecular weight excluding hydrogens is 306 g/mol. The molecule has 1 amide bonds. The van der Waals surface area contributed by atoms with Crippen molar-refractivity contribution in [2.45, 2.75) is 26.4 Å². The summed E-state index contributed by atoms with van der Waals surface area (Å²) in [6.45, 7) is 4.21. The van der Waals surface area contributed by atoms with Crippen molar-refractivity contribution in [1.82, 2.24) is 0 Å². The molecule has 2 rings (SSSR count). The monoisotopic (exact) mass is 325 g/mol. The lowest BCUT2D eigenvalue weighted by Gasteiger charge is -2.36. The van der Waals surface area contributed by atoms with Crippen LogP contribution in [0, 0.1) is 5.92 Å². The molecule has 1 heterocycles. The van der Waals surface area contributed by atoms with Gasteiger partial charge in [-0.05, 0) is 30.5 Å². The van der Waals surface area contributed by atoms with Crippen LogP contribution in [0.5, 0.6) is 5.75 Å². The van der Waals surface area contributed by atoms with Gasteiger partial charge in [-0.1, -0.05) is 13.8 Å². The summed E-state index contributed by atoms with van der Waals surface area (Å²) in [7, 11) is 0. The third-order valence-electron chi connectivity index (χ3n) is 3.60. The Hall–Kier alpha value is -1.59. The quantitative estimate of drug-likeness (QED) is 0.643. The van der Waals surface area contributed by atoms with E-state index < -0.39 is 6.10 Å². The third kappa shape index (κ3) is 3.25. The Morgan fingerprint density at radius 3 is 2.77 bits per heavy atom. The van der Waals surface area contributed by atoms with Crippen LogP contribution in [0.15, 0.2) is 18.2 Å². The minimum atomic E-state index is -0.555. The zero-order valence-corrected chi connectivity index (χ0v) is 13.5. The number of benzene rings is 1. The van der Waals surface area contributed by atoms with Crippen molar-refractivity contribution in [3.8, 4) is 5.75 Å². The van der Waals surface area contributed by atoms with Gasteiger partial charge in [-0.2, -0.15) is 0 Å². The van der Waals surface area contributed by atoms with Crippen molar-refractivity contribution in [3.05, 3.63) is 23.8 Å². The van der Waals surface area contributed by atoms with Crippen LogP contribution in [0.3, 0.4) is 0 Å². The van der Waals surface area contributed by atoms with Gasteiger partial charge in [0, 0.05) is 18.7 Å². The third-order valence-corrected chi connectivity index (χ3v) is 3.84. The predicted octanol–water partition coefficient (Wildman–Crippen LogP) is 2.24. The van der Waals surface area contributed by atoms with Crippen molar-refractivity contribution in [3.63, 3.8) is 0 Å². The number of amides is 1. The van der Waals surface area contributed by atoms with Crippen molar-refractivity contribution >= 4 is 29.0 Å². The average Bonchev–Trinajstić information content (AvgIpc) is 2.52. The molecule has 0 aromatic heterocycles. The second kappa shape index (κ2) is 7.11. The Labute approximate surface area is 134 Å². The molecule has 1 aromatic rings.